The van der Waals surface area contributed by atoms with Crippen molar-refractivity contribution in [2.24, 2.45) is 11.1 Å². The molecule has 0 aromatic carbocycles. The van der Waals surface area contributed by atoms with Crippen LogP contribution in [0.2, 0.25) is 0 Å². The van der Waals surface area contributed by atoms with Gasteiger partial charge in [-0.25, -0.2) is 4.79 Å². The Balaban J connectivity index is 1.89. The maximum absolute atomic E-state index is 12.1. The molecule has 114 valence electrons. The highest BCUT2D eigenvalue weighted by Gasteiger charge is 2.46. The van der Waals surface area contributed by atoms with Crippen molar-refractivity contribution in [2.75, 3.05) is 0 Å². The first kappa shape index (κ1) is 15.1. The number of amides is 2. The Hall–Kier alpha value is -1.30. The van der Waals surface area contributed by atoms with E-state index >= 15 is 0 Å². The Bertz CT molecular complexity index is 388. The number of carbonyl (C=O) groups excluding carboxylic acids is 1. The summed E-state index contributed by atoms with van der Waals surface area (Å²) in [5, 5.41) is 15.1. The number of nitrogens with one attached hydrogen (secondary N) is 2. The number of carboxylic acid groups (broad SMARTS) is 1. The van der Waals surface area contributed by atoms with Gasteiger partial charge in [-0.05, 0) is 32.6 Å². The van der Waals surface area contributed by atoms with E-state index in [0.717, 1.165) is 32.1 Å². The van der Waals surface area contributed by atoms with Crippen LogP contribution >= 0.6 is 0 Å². The van der Waals surface area contributed by atoms with Gasteiger partial charge in [0.15, 0.2) is 0 Å². The van der Waals surface area contributed by atoms with E-state index < -0.39 is 11.4 Å². The molecule has 4 unspecified atom stereocenters. The van der Waals surface area contributed by atoms with Gasteiger partial charge in [0.05, 0.1) is 5.41 Å². The zero-order valence-corrected chi connectivity index (χ0v) is 12.0. The first-order valence-corrected chi connectivity index (χ1v) is 7.49. The fraction of sp³-hybridized carbons (Fsp3) is 0.857. The minimum atomic E-state index is -0.855. The number of rotatable bonds is 3. The van der Waals surface area contributed by atoms with Crippen molar-refractivity contribution < 1.29 is 14.7 Å². The zero-order valence-electron chi connectivity index (χ0n) is 12.0. The van der Waals surface area contributed by atoms with Crippen LogP contribution in [-0.2, 0) is 4.79 Å². The van der Waals surface area contributed by atoms with E-state index in [4.69, 9.17) is 5.73 Å². The highest BCUT2D eigenvalue weighted by Crippen LogP contribution is 2.38. The normalized spacial score (nSPS) is 37.4. The van der Waals surface area contributed by atoms with Crippen molar-refractivity contribution in [3.05, 3.63) is 0 Å². The zero-order chi connectivity index (χ0) is 14.8. The molecule has 6 heteroatoms. The second kappa shape index (κ2) is 5.99. The van der Waals surface area contributed by atoms with E-state index in [1.54, 1.807) is 6.92 Å². The maximum Gasteiger partial charge on any atom is 0.315 e. The highest BCUT2D eigenvalue weighted by atomic mass is 16.4. The van der Waals surface area contributed by atoms with Crippen LogP contribution in [0.3, 0.4) is 0 Å². The van der Waals surface area contributed by atoms with Crippen LogP contribution in [0, 0.1) is 5.41 Å². The molecule has 0 spiro atoms. The van der Waals surface area contributed by atoms with Crippen LogP contribution in [0.1, 0.15) is 51.9 Å². The quantitative estimate of drug-likeness (QED) is 0.624. The molecule has 0 saturated heterocycles. The molecule has 2 saturated carbocycles. The number of aliphatic carboxylic acids is 1. The van der Waals surface area contributed by atoms with E-state index in [2.05, 4.69) is 10.6 Å². The second-order valence-electron chi connectivity index (χ2n) is 6.34. The summed E-state index contributed by atoms with van der Waals surface area (Å²) in [6.45, 7) is 1.71. The summed E-state index contributed by atoms with van der Waals surface area (Å²) >= 11 is 0. The molecule has 2 amide bonds. The summed E-state index contributed by atoms with van der Waals surface area (Å²) in [6.07, 6.45) is 6.17. The Morgan fingerprint density at radius 1 is 1.15 bits per heavy atom. The maximum atomic E-state index is 12.1. The van der Waals surface area contributed by atoms with Crippen molar-refractivity contribution in [3.63, 3.8) is 0 Å². The monoisotopic (exact) mass is 283 g/mol. The van der Waals surface area contributed by atoms with Gasteiger partial charge in [-0.2, -0.15) is 0 Å². The van der Waals surface area contributed by atoms with Gasteiger partial charge in [0.2, 0.25) is 0 Å². The fourth-order valence-corrected chi connectivity index (χ4v) is 3.36. The molecule has 0 aliphatic heterocycles. The summed E-state index contributed by atoms with van der Waals surface area (Å²) in [7, 11) is 0. The first-order chi connectivity index (χ1) is 9.43. The van der Waals surface area contributed by atoms with Gasteiger partial charge in [0.1, 0.15) is 0 Å². The predicted molar refractivity (Wildman–Crippen MR) is 75.3 cm³/mol. The topological polar surface area (TPSA) is 104 Å². The summed E-state index contributed by atoms with van der Waals surface area (Å²) in [6, 6.07) is -0.586. The van der Waals surface area contributed by atoms with Gasteiger partial charge >= 0.3 is 12.0 Å². The van der Waals surface area contributed by atoms with Gasteiger partial charge in [-0.1, -0.05) is 19.3 Å². The lowest BCUT2D eigenvalue weighted by molar-refractivity contribution is -0.148. The molecule has 0 aromatic rings. The van der Waals surface area contributed by atoms with Crippen LogP contribution in [0.15, 0.2) is 0 Å². The molecule has 6 nitrogen and oxygen atoms in total. The third-order valence-electron chi connectivity index (χ3n) is 4.89. The molecular formula is C14H25N3O3. The lowest BCUT2D eigenvalue weighted by Crippen LogP contribution is -2.56. The minimum Gasteiger partial charge on any atom is -0.481 e. The standard InChI is InChI=1S/C14H25N3O3/c1-14(12(18)19)8-4-7-11(14)17-13(20)16-10-6-3-2-5-9(10)15/h9-11H,2-8,15H2,1H3,(H,18,19)(H2,16,17,20). The van der Waals surface area contributed by atoms with E-state index in [1.165, 1.54) is 0 Å². The van der Waals surface area contributed by atoms with E-state index in [0.29, 0.717) is 12.8 Å². The van der Waals surface area contributed by atoms with Gasteiger partial charge in [-0.3, -0.25) is 4.79 Å². The molecule has 2 aliphatic rings. The van der Waals surface area contributed by atoms with E-state index in [1.807, 2.05) is 0 Å². The smallest absolute Gasteiger partial charge is 0.315 e. The van der Waals surface area contributed by atoms with Crippen molar-refractivity contribution in [2.45, 2.75) is 70.0 Å². The number of carbonyl (C=O) groups is 2. The summed E-state index contributed by atoms with van der Waals surface area (Å²) in [5.74, 6) is -0.838. The Morgan fingerprint density at radius 2 is 1.85 bits per heavy atom. The van der Waals surface area contributed by atoms with Crippen molar-refractivity contribution in [1.82, 2.24) is 10.6 Å². The van der Waals surface area contributed by atoms with E-state index in [9.17, 15) is 14.7 Å². The Labute approximate surface area is 119 Å². The average molecular weight is 283 g/mol. The number of nitrogens with two attached hydrogens (primary N) is 1. The van der Waals surface area contributed by atoms with Gasteiger partial charge in [-0.15, -0.1) is 0 Å². The Morgan fingerprint density at radius 3 is 2.50 bits per heavy atom. The SMILES string of the molecule is CC1(C(=O)O)CCCC1NC(=O)NC1CCCCC1N. The molecule has 2 fully saturated rings. The van der Waals surface area contributed by atoms with Crippen LogP contribution in [0.4, 0.5) is 4.79 Å². The Kier molecular flexibility index (Phi) is 4.52. The molecule has 20 heavy (non-hydrogen) atoms. The van der Waals surface area contributed by atoms with Crippen LogP contribution < -0.4 is 16.4 Å². The molecule has 4 atom stereocenters. The van der Waals surface area contributed by atoms with Gasteiger partial charge in [0, 0.05) is 18.1 Å². The third kappa shape index (κ3) is 3.06. The minimum absolute atomic E-state index is 0.00115. The van der Waals surface area contributed by atoms with Gasteiger partial charge < -0.3 is 21.5 Å². The molecule has 0 heterocycles. The molecule has 0 aromatic heterocycles. The van der Waals surface area contributed by atoms with Crippen molar-refractivity contribution in [3.8, 4) is 0 Å². The summed E-state index contributed by atoms with van der Waals surface area (Å²) in [5.41, 5.74) is 5.15. The van der Waals surface area contributed by atoms with E-state index in [-0.39, 0.29) is 24.2 Å². The first-order valence-electron chi connectivity index (χ1n) is 7.49. The number of hydrogen-bond donors (Lipinski definition) is 4. The third-order valence-corrected chi connectivity index (χ3v) is 4.89. The molecule has 2 aliphatic carbocycles. The fourth-order valence-electron chi connectivity index (χ4n) is 3.36. The van der Waals surface area contributed by atoms with Crippen LogP contribution in [-0.4, -0.2) is 35.2 Å². The molecule has 2 rings (SSSR count). The predicted octanol–water partition coefficient (Wildman–Crippen LogP) is 1.20. The number of hydrogen-bond acceptors (Lipinski definition) is 3. The lowest BCUT2D eigenvalue weighted by atomic mass is 9.85. The summed E-state index contributed by atoms with van der Waals surface area (Å²) < 4.78 is 0. The molecule has 5 N–H and O–H groups in total. The highest BCUT2D eigenvalue weighted by molar-refractivity contribution is 5.79. The number of carboxylic acids is 1. The van der Waals surface area contributed by atoms with Crippen molar-refractivity contribution >= 4 is 12.0 Å². The lowest BCUT2D eigenvalue weighted by Gasteiger charge is -2.32. The largest absolute Gasteiger partial charge is 0.481 e. The van der Waals surface area contributed by atoms with Crippen molar-refractivity contribution in [1.29, 1.82) is 0 Å². The molecule has 0 radical (unpaired) electrons. The van der Waals surface area contributed by atoms with Crippen LogP contribution in [0.5, 0.6) is 0 Å². The number of urea groups is 1. The molecule has 0 bridgehead atoms. The average Bonchev–Trinajstić information content (AvgIpc) is 2.75. The molecular weight excluding hydrogens is 258 g/mol. The summed E-state index contributed by atoms with van der Waals surface area (Å²) in [4.78, 5) is 23.4. The van der Waals surface area contributed by atoms with Gasteiger partial charge in [0.25, 0.3) is 0 Å². The second-order valence-corrected chi connectivity index (χ2v) is 6.34. The van der Waals surface area contributed by atoms with Crippen LogP contribution in [0.25, 0.3) is 0 Å².